The zero-order valence-corrected chi connectivity index (χ0v) is 6.27. The number of aliphatic imine (C=N–C) groups is 1. The molecular formula is C7H11NS. The van der Waals surface area contributed by atoms with Gasteiger partial charge in [0, 0.05) is 0 Å². The quantitative estimate of drug-likeness (QED) is 0.495. The van der Waals surface area contributed by atoms with Crippen molar-refractivity contribution in [3.05, 3.63) is 0 Å². The van der Waals surface area contributed by atoms with Crippen LogP contribution in [0.5, 0.6) is 0 Å². The van der Waals surface area contributed by atoms with Crippen molar-refractivity contribution >= 4 is 17.7 Å². The van der Waals surface area contributed by atoms with Crippen molar-refractivity contribution in [3.8, 4) is 0 Å². The van der Waals surface area contributed by atoms with Gasteiger partial charge in [0.15, 0.2) is 0 Å². The van der Waals surface area contributed by atoms with Crippen molar-refractivity contribution in [2.45, 2.75) is 31.7 Å². The molecule has 0 aromatic rings. The molecule has 0 amide bonds. The summed E-state index contributed by atoms with van der Waals surface area (Å²) in [5.41, 5.74) is 0. The van der Waals surface area contributed by atoms with E-state index in [2.05, 4.69) is 17.6 Å². The second-order valence-corrected chi connectivity index (χ2v) is 3.60. The number of fused-ring (bicyclic) bond motifs is 2. The fourth-order valence-electron chi connectivity index (χ4n) is 1.87. The lowest BCUT2D eigenvalue weighted by atomic mass is 10.0. The van der Waals surface area contributed by atoms with E-state index in [1.165, 1.54) is 19.3 Å². The van der Waals surface area contributed by atoms with Crippen LogP contribution in [-0.2, 0) is 0 Å². The van der Waals surface area contributed by atoms with Crippen LogP contribution in [-0.4, -0.2) is 11.1 Å². The first kappa shape index (κ1) is 5.78. The zero-order chi connectivity index (χ0) is 6.27. The minimum Gasteiger partial charge on any atom is -0.280 e. The molecule has 2 rings (SSSR count). The van der Waals surface area contributed by atoms with Gasteiger partial charge in [-0.1, -0.05) is 0 Å². The van der Waals surface area contributed by atoms with E-state index >= 15 is 0 Å². The molecule has 2 heteroatoms. The summed E-state index contributed by atoms with van der Waals surface area (Å²) >= 11 is 4.27. The second kappa shape index (κ2) is 2.01. The lowest BCUT2D eigenvalue weighted by Crippen LogP contribution is -2.10. The fraction of sp³-hybridized carbons (Fsp3) is 0.857. The van der Waals surface area contributed by atoms with Crippen molar-refractivity contribution in [1.82, 2.24) is 0 Å². The first-order chi connectivity index (χ1) is 4.34. The Bertz CT molecular complexity index is 153. The van der Waals surface area contributed by atoms with Crippen LogP contribution >= 0.6 is 12.6 Å². The normalized spacial score (nSPS) is 40.8. The summed E-state index contributed by atoms with van der Waals surface area (Å²) in [6.45, 7) is 0. The molecule has 0 aromatic carbocycles. The fourth-order valence-corrected chi connectivity index (χ4v) is 2.29. The molecule has 1 saturated carbocycles. The molecule has 0 N–H and O–H groups in total. The molecule has 0 aromatic heterocycles. The summed E-state index contributed by atoms with van der Waals surface area (Å²) in [6, 6.07) is 0.649. The molecule has 1 fully saturated rings. The van der Waals surface area contributed by atoms with Crippen LogP contribution in [0.1, 0.15) is 25.7 Å². The number of nitrogens with zero attached hydrogens (tertiary/aromatic N) is 1. The van der Waals surface area contributed by atoms with E-state index in [0.29, 0.717) is 6.04 Å². The van der Waals surface area contributed by atoms with E-state index in [0.717, 1.165) is 17.4 Å². The molecule has 2 bridgehead atoms. The minimum absolute atomic E-state index is 0.649. The van der Waals surface area contributed by atoms with E-state index in [4.69, 9.17) is 0 Å². The van der Waals surface area contributed by atoms with E-state index in [9.17, 15) is 0 Å². The number of hydrogen-bond acceptors (Lipinski definition) is 1. The molecule has 0 saturated heterocycles. The van der Waals surface area contributed by atoms with Crippen LogP contribution in [0.4, 0.5) is 0 Å². The Morgan fingerprint density at radius 3 is 3.11 bits per heavy atom. The summed E-state index contributed by atoms with van der Waals surface area (Å²) in [7, 11) is 0. The van der Waals surface area contributed by atoms with Gasteiger partial charge in [0.1, 0.15) is 0 Å². The average molecular weight is 141 g/mol. The molecule has 1 nitrogen and oxygen atoms in total. The third-order valence-electron chi connectivity index (χ3n) is 2.32. The first-order valence-electron chi connectivity index (χ1n) is 3.60. The Morgan fingerprint density at radius 2 is 2.33 bits per heavy atom. The Labute approximate surface area is 61.0 Å². The van der Waals surface area contributed by atoms with Gasteiger partial charge in [0.2, 0.25) is 0 Å². The number of hydrogen-bond donors (Lipinski definition) is 1. The van der Waals surface area contributed by atoms with Crippen LogP contribution in [0.15, 0.2) is 4.99 Å². The van der Waals surface area contributed by atoms with Crippen molar-refractivity contribution in [1.29, 1.82) is 0 Å². The maximum atomic E-state index is 4.42. The van der Waals surface area contributed by atoms with Crippen LogP contribution in [0.3, 0.4) is 0 Å². The molecule has 2 aliphatic rings. The Balaban J connectivity index is 2.19. The molecule has 1 aliphatic carbocycles. The SMILES string of the molecule is SC1=N[C@@H]2CC[C@H](C1)C2. The van der Waals surface area contributed by atoms with E-state index < -0.39 is 0 Å². The van der Waals surface area contributed by atoms with Gasteiger partial charge in [0.05, 0.1) is 11.1 Å². The van der Waals surface area contributed by atoms with Crippen LogP contribution in [0.2, 0.25) is 0 Å². The second-order valence-electron chi connectivity index (χ2n) is 3.08. The highest BCUT2D eigenvalue weighted by molar-refractivity contribution is 7.97. The average Bonchev–Trinajstić information content (AvgIpc) is 2.11. The summed E-state index contributed by atoms with van der Waals surface area (Å²) in [5.74, 6) is 0.931. The van der Waals surface area contributed by atoms with Gasteiger partial charge in [-0.3, -0.25) is 4.99 Å². The van der Waals surface area contributed by atoms with Crippen LogP contribution in [0, 0.1) is 5.92 Å². The van der Waals surface area contributed by atoms with Crippen molar-refractivity contribution in [3.63, 3.8) is 0 Å². The lowest BCUT2D eigenvalue weighted by molar-refractivity contribution is 0.544. The molecule has 2 atom stereocenters. The lowest BCUT2D eigenvalue weighted by Gasteiger charge is -2.14. The smallest absolute Gasteiger partial charge is 0.0651 e. The van der Waals surface area contributed by atoms with Gasteiger partial charge in [-0.15, -0.1) is 12.6 Å². The molecule has 0 unspecified atom stereocenters. The van der Waals surface area contributed by atoms with Crippen molar-refractivity contribution in [2.75, 3.05) is 0 Å². The monoisotopic (exact) mass is 141 g/mol. The Kier molecular flexibility index (Phi) is 1.29. The Morgan fingerprint density at radius 1 is 1.44 bits per heavy atom. The summed E-state index contributed by atoms with van der Waals surface area (Å²) in [4.78, 5) is 4.42. The molecule has 0 spiro atoms. The Hall–Kier alpha value is 0.0200. The van der Waals surface area contributed by atoms with Crippen molar-refractivity contribution < 1.29 is 0 Å². The highest BCUT2D eigenvalue weighted by Crippen LogP contribution is 2.35. The standard InChI is InChI=1S/C7H11NS/c9-7-4-5-1-2-6(3-5)8-7/h5-6H,1-4H2,(H,8,9)/t5-,6+/m0/s1. The predicted octanol–water partition coefficient (Wildman–Crippen LogP) is 1.89. The zero-order valence-electron chi connectivity index (χ0n) is 5.38. The maximum Gasteiger partial charge on any atom is 0.0651 e. The highest BCUT2D eigenvalue weighted by Gasteiger charge is 2.28. The van der Waals surface area contributed by atoms with Gasteiger partial charge >= 0.3 is 0 Å². The highest BCUT2D eigenvalue weighted by atomic mass is 32.1. The maximum absolute atomic E-state index is 4.42. The van der Waals surface area contributed by atoms with Gasteiger partial charge in [-0.05, 0) is 31.6 Å². The van der Waals surface area contributed by atoms with E-state index in [-0.39, 0.29) is 0 Å². The molecule has 50 valence electrons. The third kappa shape index (κ3) is 1.00. The molecule has 1 aliphatic heterocycles. The largest absolute Gasteiger partial charge is 0.280 e. The summed E-state index contributed by atoms with van der Waals surface area (Å²) < 4.78 is 0. The van der Waals surface area contributed by atoms with Gasteiger partial charge in [-0.2, -0.15) is 0 Å². The molecule has 9 heavy (non-hydrogen) atoms. The van der Waals surface area contributed by atoms with Gasteiger partial charge in [0.25, 0.3) is 0 Å². The van der Waals surface area contributed by atoms with Gasteiger partial charge < -0.3 is 0 Å². The van der Waals surface area contributed by atoms with E-state index in [1.54, 1.807) is 0 Å². The van der Waals surface area contributed by atoms with Crippen molar-refractivity contribution in [2.24, 2.45) is 10.9 Å². The van der Waals surface area contributed by atoms with Gasteiger partial charge in [-0.25, -0.2) is 0 Å². The minimum atomic E-state index is 0.649. The number of rotatable bonds is 0. The predicted molar refractivity (Wildman–Crippen MR) is 42.2 cm³/mol. The third-order valence-corrected chi connectivity index (χ3v) is 2.61. The summed E-state index contributed by atoms with van der Waals surface area (Å²) in [5, 5.41) is 1.09. The summed E-state index contributed by atoms with van der Waals surface area (Å²) in [6.07, 6.45) is 5.19. The molecular weight excluding hydrogens is 130 g/mol. The number of thiol groups is 1. The van der Waals surface area contributed by atoms with Crippen LogP contribution in [0.25, 0.3) is 0 Å². The van der Waals surface area contributed by atoms with Crippen LogP contribution < -0.4 is 0 Å². The topological polar surface area (TPSA) is 12.4 Å². The molecule has 1 heterocycles. The van der Waals surface area contributed by atoms with E-state index in [1.807, 2.05) is 0 Å². The first-order valence-corrected chi connectivity index (χ1v) is 4.05. The molecule has 0 radical (unpaired) electrons.